The highest BCUT2D eigenvalue weighted by molar-refractivity contribution is 7.09. The molecule has 3 aromatic rings. The highest BCUT2D eigenvalue weighted by atomic mass is 32.1. The number of piperazine rings is 1. The Morgan fingerprint density at radius 1 is 1.10 bits per heavy atom. The number of benzene rings is 1. The van der Waals surface area contributed by atoms with Gasteiger partial charge in [0.15, 0.2) is 5.82 Å². The largest absolute Gasteiger partial charge is 0.385 e. The van der Waals surface area contributed by atoms with Crippen LogP contribution in [-0.4, -0.2) is 64.5 Å². The van der Waals surface area contributed by atoms with E-state index >= 15 is 0 Å². The molecule has 1 fully saturated rings. The Morgan fingerprint density at radius 3 is 2.52 bits per heavy atom. The van der Waals surface area contributed by atoms with Gasteiger partial charge in [0.1, 0.15) is 5.01 Å². The smallest absolute Gasteiger partial charge is 0.227 e. The van der Waals surface area contributed by atoms with Gasteiger partial charge in [-0.3, -0.25) is 9.47 Å². The number of nitrogens with zero attached hydrogens (tertiary/aromatic N) is 6. The van der Waals surface area contributed by atoms with Gasteiger partial charge >= 0.3 is 0 Å². The molecule has 1 aromatic carbocycles. The van der Waals surface area contributed by atoms with Crippen molar-refractivity contribution in [2.75, 3.05) is 44.8 Å². The van der Waals surface area contributed by atoms with Crippen LogP contribution in [0.4, 0.5) is 5.95 Å². The highest BCUT2D eigenvalue weighted by Crippen LogP contribution is 2.27. The minimum Gasteiger partial charge on any atom is -0.385 e. The standard InChI is InChI=1S/C23H32N6OS/c1-4-19-6-8-20(9-7-19)21-25-26-23(29(21)11-5-16-30-3)28-14-12-27(13-15-28)18(2)22-24-10-17-31-22/h6-10,17-18H,4-5,11-16H2,1-3H3/t18-/m0/s1. The summed E-state index contributed by atoms with van der Waals surface area (Å²) in [4.78, 5) is 9.37. The van der Waals surface area contributed by atoms with E-state index < -0.39 is 0 Å². The van der Waals surface area contributed by atoms with Gasteiger partial charge in [-0.1, -0.05) is 31.2 Å². The summed E-state index contributed by atoms with van der Waals surface area (Å²) in [6.45, 7) is 9.86. The predicted octanol–water partition coefficient (Wildman–Crippen LogP) is 3.88. The Morgan fingerprint density at radius 2 is 1.87 bits per heavy atom. The Balaban J connectivity index is 1.51. The Labute approximate surface area is 188 Å². The summed E-state index contributed by atoms with van der Waals surface area (Å²) in [5.41, 5.74) is 2.45. The quantitative estimate of drug-likeness (QED) is 0.471. The second kappa shape index (κ2) is 10.3. The second-order valence-corrected chi connectivity index (χ2v) is 8.87. The molecule has 0 amide bonds. The van der Waals surface area contributed by atoms with E-state index in [1.165, 1.54) is 10.6 Å². The maximum atomic E-state index is 5.30. The van der Waals surface area contributed by atoms with Gasteiger partial charge in [-0.05, 0) is 25.3 Å². The molecule has 8 heteroatoms. The fraction of sp³-hybridized carbons (Fsp3) is 0.522. The summed E-state index contributed by atoms with van der Waals surface area (Å²) in [5.74, 6) is 1.90. The van der Waals surface area contributed by atoms with Crippen LogP contribution in [0.5, 0.6) is 0 Å². The van der Waals surface area contributed by atoms with Crippen LogP contribution in [0, 0.1) is 0 Å². The first-order valence-electron chi connectivity index (χ1n) is 11.1. The van der Waals surface area contributed by atoms with Crippen molar-refractivity contribution in [1.29, 1.82) is 0 Å². The molecular weight excluding hydrogens is 408 g/mol. The van der Waals surface area contributed by atoms with Crippen molar-refractivity contribution >= 4 is 17.3 Å². The molecular formula is C23H32N6OS. The summed E-state index contributed by atoms with van der Waals surface area (Å²) < 4.78 is 7.56. The predicted molar refractivity (Wildman–Crippen MR) is 126 cm³/mol. The minimum atomic E-state index is 0.356. The van der Waals surface area contributed by atoms with Gasteiger partial charge in [-0.2, -0.15) is 0 Å². The van der Waals surface area contributed by atoms with Crippen molar-refractivity contribution in [3.8, 4) is 11.4 Å². The molecule has 0 saturated carbocycles. The Kier molecular flexibility index (Phi) is 7.32. The minimum absolute atomic E-state index is 0.356. The average Bonchev–Trinajstić information content (AvgIpc) is 3.50. The van der Waals surface area contributed by atoms with E-state index in [0.717, 1.165) is 69.5 Å². The summed E-state index contributed by atoms with van der Waals surface area (Å²) in [6, 6.07) is 9.04. The average molecular weight is 441 g/mol. The van der Waals surface area contributed by atoms with E-state index in [1.54, 1.807) is 18.4 Å². The summed E-state index contributed by atoms with van der Waals surface area (Å²) in [6.07, 6.45) is 3.86. The second-order valence-electron chi connectivity index (χ2n) is 7.94. The maximum absolute atomic E-state index is 5.30. The van der Waals surface area contributed by atoms with Crippen LogP contribution < -0.4 is 4.90 Å². The van der Waals surface area contributed by atoms with E-state index in [0.29, 0.717) is 6.04 Å². The van der Waals surface area contributed by atoms with Gasteiger partial charge in [0, 0.05) is 63.6 Å². The van der Waals surface area contributed by atoms with Crippen molar-refractivity contribution in [2.45, 2.75) is 39.3 Å². The molecule has 1 aliphatic rings. The molecule has 1 atom stereocenters. The van der Waals surface area contributed by atoms with Crippen LogP contribution in [0.2, 0.25) is 0 Å². The number of anilines is 1. The van der Waals surface area contributed by atoms with Gasteiger partial charge in [0.25, 0.3) is 0 Å². The first kappa shape index (κ1) is 21.9. The van der Waals surface area contributed by atoms with Crippen molar-refractivity contribution in [3.05, 3.63) is 46.4 Å². The molecule has 166 valence electrons. The molecule has 0 radical (unpaired) electrons. The third-order valence-corrected chi connectivity index (χ3v) is 6.98. The molecule has 2 aromatic heterocycles. The number of aromatic nitrogens is 4. The maximum Gasteiger partial charge on any atom is 0.227 e. The normalized spacial score (nSPS) is 16.0. The topological polar surface area (TPSA) is 59.3 Å². The van der Waals surface area contributed by atoms with E-state index in [2.05, 4.69) is 73.0 Å². The van der Waals surface area contributed by atoms with Crippen LogP contribution in [0.25, 0.3) is 11.4 Å². The molecule has 1 saturated heterocycles. The van der Waals surface area contributed by atoms with Gasteiger partial charge in [0.05, 0.1) is 6.04 Å². The van der Waals surface area contributed by atoms with Crippen LogP contribution in [0.1, 0.15) is 36.9 Å². The zero-order valence-electron chi connectivity index (χ0n) is 18.7. The fourth-order valence-corrected chi connectivity index (χ4v) is 4.84. The molecule has 0 spiro atoms. The zero-order chi connectivity index (χ0) is 21.6. The lowest BCUT2D eigenvalue weighted by Gasteiger charge is -2.37. The van der Waals surface area contributed by atoms with Crippen LogP contribution >= 0.6 is 11.3 Å². The third-order valence-electron chi connectivity index (χ3n) is 6.04. The molecule has 1 aliphatic heterocycles. The molecule has 31 heavy (non-hydrogen) atoms. The molecule has 0 bridgehead atoms. The molecule has 0 unspecified atom stereocenters. The molecule has 4 rings (SSSR count). The number of rotatable bonds is 9. The molecule has 0 aliphatic carbocycles. The fourth-order valence-electron chi connectivity index (χ4n) is 4.11. The summed E-state index contributed by atoms with van der Waals surface area (Å²) >= 11 is 1.73. The van der Waals surface area contributed by atoms with Crippen LogP contribution in [0.3, 0.4) is 0 Å². The lowest BCUT2D eigenvalue weighted by atomic mass is 10.1. The number of methoxy groups -OCH3 is 1. The molecule has 3 heterocycles. The van der Waals surface area contributed by atoms with E-state index in [4.69, 9.17) is 4.74 Å². The number of thiazole rings is 1. The summed E-state index contributed by atoms with van der Waals surface area (Å²) in [7, 11) is 1.75. The van der Waals surface area contributed by atoms with E-state index in [9.17, 15) is 0 Å². The Hall–Kier alpha value is -2.29. The molecule has 0 N–H and O–H groups in total. The van der Waals surface area contributed by atoms with Crippen molar-refractivity contribution in [2.24, 2.45) is 0 Å². The lowest BCUT2D eigenvalue weighted by molar-refractivity contribution is 0.189. The van der Waals surface area contributed by atoms with E-state index in [-0.39, 0.29) is 0 Å². The first-order valence-corrected chi connectivity index (χ1v) is 12.0. The van der Waals surface area contributed by atoms with Gasteiger partial charge in [-0.25, -0.2) is 4.98 Å². The summed E-state index contributed by atoms with van der Waals surface area (Å²) in [5, 5.41) is 12.5. The van der Waals surface area contributed by atoms with Crippen LogP contribution in [-0.2, 0) is 17.7 Å². The first-order chi connectivity index (χ1) is 15.2. The Bertz CT molecular complexity index is 932. The van der Waals surface area contributed by atoms with Gasteiger partial charge in [-0.15, -0.1) is 21.5 Å². The van der Waals surface area contributed by atoms with Crippen molar-refractivity contribution in [3.63, 3.8) is 0 Å². The van der Waals surface area contributed by atoms with Gasteiger partial charge < -0.3 is 9.64 Å². The van der Waals surface area contributed by atoms with Crippen LogP contribution in [0.15, 0.2) is 35.8 Å². The molecule has 7 nitrogen and oxygen atoms in total. The highest BCUT2D eigenvalue weighted by Gasteiger charge is 2.27. The number of hydrogen-bond donors (Lipinski definition) is 0. The lowest BCUT2D eigenvalue weighted by Crippen LogP contribution is -2.48. The van der Waals surface area contributed by atoms with Gasteiger partial charge in [0.2, 0.25) is 5.95 Å². The number of aryl methyl sites for hydroxylation is 1. The SMILES string of the molecule is CCc1ccc(-c2nnc(N3CCN([C@@H](C)c4nccs4)CC3)n2CCCOC)cc1. The zero-order valence-corrected chi connectivity index (χ0v) is 19.5. The van der Waals surface area contributed by atoms with Crippen molar-refractivity contribution in [1.82, 2.24) is 24.6 Å². The van der Waals surface area contributed by atoms with E-state index in [1.807, 2.05) is 6.20 Å². The monoisotopic (exact) mass is 440 g/mol. The number of ether oxygens (including phenoxy) is 1. The third kappa shape index (κ3) is 4.97. The van der Waals surface area contributed by atoms with Crippen molar-refractivity contribution < 1.29 is 4.74 Å². The number of hydrogen-bond acceptors (Lipinski definition) is 7.